The summed E-state index contributed by atoms with van der Waals surface area (Å²) in [5.41, 5.74) is 8.52. The normalized spacial score (nSPS) is 12.8. The minimum atomic E-state index is -0.613. The van der Waals surface area contributed by atoms with Gasteiger partial charge in [-0.2, -0.15) is 0 Å². The van der Waals surface area contributed by atoms with Gasteiger partial charge in [-0.1, -0.05) is 13.8 Å². The predicted octanol–water partition coefficient (Wildman–Crippen LogP) is 3.93. The topological polar surface area (TPSA) is 86.9 Å². The van der Waals surface area contributed by atoms with Crippen molar-refractivity contribution in [3.8, 4) is 12.3 Å². The number of pyridine rings is 1. The van der Waals surface area contributed by atoms with E-state index in [9.17, 15) is 9.18 Å². The molecular weight excluding hydrogens is 407 g/mol. The first kappa shape index (κ1) is 23.1. The first-order chi connectivity index (χ1) is 15.3. The van der Waals surface area contributed by atoms with E-state index in [1.165, 1.54) is 12.3 Å². The fourth-order valence-corrected chi connectivity index (χ4v) is 3.87. The number of fused-ring (bicyclic) bond motifs is 1. The number of nitrogens with one attached hydrogen (secondary N) is 1. The van der Waals surface area contributed by atoms with Gasteiger partial charge in [0.1, 0.15) is 11.6 Å². The number of anilines is 4. The molecule has 2 heterocycles. The van der Waals surface area contributed by atoms with Gasteiger partial charge in [-0.3, -0.25) is 9.89 Å². The SMILES string of the molecule is C#CCCN(CC(C)C)c1ccnc2c1CCN2C(=O)Nc1cc(F)c(N)c(C=NC)c1. The van der Waals surface area contributed by atoms with Crippen LogP contribution in [0, 0.1) is 24.1 Å². The zero-order valence-electron chi connectivity index (χ0n) is 18.7. The number of rotatable bonds is 7. The Hall–Kier alpha value is -3.60. The van der Waals surface area contributed by atoms with E-state index >= 15 is 0 Å². The first-order valence-electron chi connectivity index (χ1n) is 10.6. The minimum absolute atomic E-state index is 0.0105. The molecule has 0 bridgehead atoms. The molecule has 1 aliphatic rings. The zero-order valence-corrected chi connectivity index (χ0v) is 18.7. The van der Waals surface area contributed by atoms with E-state index in [1.807, 2.05) is 6.07 Å². The van der Waals surface area contributed by atoms with Crippen LogP contribution in [0.2, 0.25) is 0 Å². The third-order valence-electron chi connectivity index (χ3n) is 5.23. The number of nitrogen functional groups attached to an aromatic ring is 1. The van der Waals surface area contributed by atoms with E-state index in [0.29, 0.717) is 42.4 Å². The summed E-state index contributed by atoms with van der Waals surface area (Å²) in [5.74, 6) is 3.16. The van der Waals surface area contributed by atoms with Crippen molar-refractivity contribution in [2.45, 2.75) is 26.7 Å². The number of urea groups is 1. The molecule has 168 valence electrons. The summed E-state index contributed by atoms with van der Waals surface area (Å²) in [5, 5.41) is 2.76. The molecule has 3 rings (SSSR count). The van der Waals surface area contributed by atoms with Crippen LogP contribution in [0.25, 0.3) is 0 Å². The van der Waals surface area contributed by atoms with Gasteiger partial charge in [0.15, 0.2) is 0 Å². The monoisotopic (exact) mass is 436 g/mol. The summed E-state index contributed by atoms with van der Waals surface area (Å²) in [6.45, 7) is 6.40. The number of hydrogen-bond acceptors (Lipinski definition) is 5. The van der Waals surface area contributed by atoms with E-state index in [-0.39, 0.29) is 11.7 Å². The number of nitrogens with zero attached hydrogens (tertiary/aromatic N) is 4. The molecule has 0 atom stereocenters. The summed E-state index contributed by atoms with van der Waals surface area (Å²) in [6.07, 6.45) is 9.97. The van der Waals surface area contributed by atoms with Gasteiger partial charge >= 0.3 is 6.03 Å². The van der Waals surface area contributed by atoms with Crippen molar-refractivity contribution in [1.82, 2.24) is 4.98 Å². The number of halogens is 1. The fourth-order valence-electron chi connectivity index (χ4n) is 3.87. The molecule has 2 amide bonds. The fraction of sp³-hybridized carbons (Fsp3) is 0.375. The molecule has 0 saturated heterocycles. The lowest BCUT2D eigenvalue weighted by atomic mass is 10.1. The second-order valence-corrected chi connectivity index (χ2v) is 8.11. The van der Waals surface area contributed by atoms with E-state index in [0.717, 1.165) is 24.3 Å². The standard InChI is InChI=1S/C24H29FN6O/c1-5-6-10-30(15-16(2)3)21-7-9-28-23-19(21)8-11-31(23)24(32)29-18-12-17(14-27-4)22(26)20(25)13-18/h1,7,9,12-14,16H,6,8,10-11,15,26H2,2-4H3,(H,29,32). The molecular formula is C24H29FN6O. The van der Waals surface area contributed by atoms with Gasteiger partial charge in [0, 0.05) is 68.0 Å². The van der Waals surface area contributed by atoms with Gasteiger partial charge < -0.3 is 16.0 Å². The average molecular weight is 437 g/mol. The van der Waals surface area contributed by atoms with Gasteiger partial charge in [-0.05, 0) is 30.5 Å². The van der Waals surface area contributed by atoms with Gasteiger partial charge in [0.2, 0.25) is 0 Å². The molecule has 7 nitrogen and oxygen atoms in total. The lowest BCUT2D eigenvalue weighted by Crippen LogP contribution is -2.34. The molecule has 1 aromatic carbocycles. The molecule has 3 N–H and O–H groups in total. The molecule has 1 aliphatic heterocycles. The number of hydrogen-bond donors (Lipinski definition) is 2. The summed E-state index contributed by atoms with van der Waals surface area (Å²) < 4.78 is 14.2. The molecule has 0 unspecified atom stereocenters. The van der Waals surface area contributed by atoms with Gasteiger partial charge in [-0.25, -0.2) is 14.2 Å². The van der Waals surface area contributed by atoms with Crippen molar-refractivity contribution in [2.24, 2.45) is 10.9 Å². The Morgan fingerprint density at radius 2 is 2.28 bits per heavy atom. The number of terminal acetylenes is 1. The molecule has 0 spiro atoms. The largest absolute Gasteiger partial charge is 0.396 e. The number of aliphatic imine (C=N–C) groups is 1. The highest BCUT2D eigenvalue weighted by atomic mass is 19.1. The molecule has 0 aliphatic carbocycles. The maximum Gasteiger partial charge on any atom is 0.327 e. The molecule has 32 heavy (non-hydrogen) atoms. The van der Waals surface area contributed by atoms with Crippen molar-refractivity contribution >= 4 is 35.1 Å². The summed E-state index contributed by atoms with van der Waals surface area (Å²) >= 11 is 0. The number of carbonyl (C=O) groups is 1. The van der Waals surface area contributed by atoms with Crippen LogP contribution in [0.4, 0.5) is 32.1 Å². The van der Waals surface area contributed by atoms with Crippen LogP contribution in [0.3, 0.4) is 0 Å². The maximum atomic E-state index is 14.2. The Labute approximate surface area is 188 Å². The zero-order chi connectivity index (χ0) is 23.3. The van der Waals surface area contributed by atoms with Crippen LogP contribution >= 0.6 is 0 Å². The lowest BCUT2D eigenvalue weighted by Gasteiger charge is -2.28. The Balaban J connectivity index is 1.86. The van der Waals surface area contributed by atoms with Gasteiger partial charge in [-0.15, -0.1) is 12.3 Å². The van der Waals surface area contributed by atoms with Crippen molar-refractivity contribution in [3.63, 3.8) is 0 Å². The van der Waals surface area contributed by atoms with Crippen LogP contribution in [-0.2, 0) is 6.42 Å². The smallest absolute Gasteiger partial charge is 0.327 e. The Morgan fingerprint density at radius 3 is 2.97 bits per heavy atom. The number of benzene rings is 1. The number of amides is 2. The molecule has 0 radical (unpaired) electrons. The number of aromatic nitrogens is 1. The first-order valence-corrected chi connectivity index (χ1v) is 10.6. The summed E-state index contributed by atoms with van der Waals surface area (Å²) in [6, 6.07) is 4.39. The maximum absolute atomic E-state index is 14.2. The van der Waals surface area contributed by atoms with Crippen LogP contribution in [-0.4, -0.2) is 43.9 Å². The Bertz CT molecular complexity index is 1060. The van der Waals surface area contributed by atoms with Crippen molar-refractivity contribution in [3.05, 3.63) is 41.3 Å². The predicted molar refractivity (Wildman–Crippen MR) is 129 cm³/mol. The third-order valence-corrected chi connectivity index (χ3v) is 5.23. The van der Waals surface area contributed by atoms with Gasteiger partial charge in [0.25, 0.3) is 0 Å². The Morgan fingerprint density at radius 1 is 1.50 bits per heavy atom. The number of carbonyl (C=O) groups excluding carboxylic acids is 1. The van der Waals surface area contributed by atoms with Crippen LogP contribution in [0.1, 0.15) is 31.4 Å². The molecule has 2 aromatic rings. The highest BCUT2D eigenvalue weighted by molar-refractivity contribution is 6.03. The van der Waals surface area contributed by atoms with E-state index in [1.54, 1.807) is 24.2 Å². The van der Waals surface area contributed by atoms with Gasteiger partial charge in [0.05, 0.1) is 5.69 Å². The van der Waals surface area contributed by atoms with Crippen molar-refractivity contribution in [1.29, 1.82) is 0 Å². The van der Waals surface area contributed by atoms with Crippen LogP contribution in [0.15, 0.2) is 29.4 Å². The quantitative estimate of drug-likeness (QED) is 0.391. The summed E-state index contributed by atoms with van der Waals surface area (Å²) in [4.78, 5) is 25.2. The van der Waals surface area contributed by atoms with E-state index < -0.39 is 5.82 Å². The van der Waals surface area contributed by atoms with Crippen molar-refractivity contribution in [2.75, 3.05) is 47.5 Å². The van der Waals surface area contributed by atoms with Crippen LogP contribution < -0.4 is 20.9 Å². The molecule has 0 saturated carbocycles. The molecule has 8 heteroatoms. The summed E-state index contributed by atoms with van der Waals surface area (Å²) in [7, 11) is 1.57. The molecule has 0 fully saturated rings. The molecule has 1 aromatic heterocycles. The number of nitrogens with two attached hydrogens (primary N) is 1. The highest BCUT2D eigenvalue weighted by Crippen LogP contribution is 2.34. The Kier molecular flexibility index (Phi) is 7.31. The van der Waals surface area contributed by atoms with Crippen LogP contribution in [0.5, 0.6) is 0 Å². The van der Waals surface area contributed by atoms with E-state index in [2.05, 4.69) is 40.0 Å². The minimum Gasteiger partial charge on any atom is -0.396 e. The highest BCUT2D eigenvalue weighted by Gasteiger charge is 2.30. The average Bonchev–Trinajstić information content (AvgIpc) is 3.19. The second-order valence-electron chi connectivity index (χ2n) is 8.11. The van der Waals surface area contributed by atoms with Crippen molar-refractivity contribution < 1.29 is 9.18 Å². The second kappa shape index (κ2) is 10.1. The van der Waals surface area contributed by atoms with E-state index in [4.69, 9.17) is 12.2 Å². The lowest BCUT2D eigenvalue weighted by molar-refractivity contribution is 0.257. The third kappa shape index (κ3) is 4.99.